The first kappa shape index (κ1) is 16.0. The third-order valence-corrected chi connectivity index (χ3v) is 4.66. The van der Waals surface area contributed by atoms with Gasteiger partial charge in [0.05, 0.1) is 0 Å². The van der Waals surface area contributed by atoms with Gasteiger partial charge in [-0.15, -0.1) is 0 Å². The molecule has 0 amide bonds. The zero-order valence-electron chi connectivity index (χ0n) is 12.0. The van der Waals surface area contributed by atoms with Crippen molar-refractivity contribution in [2.45, 2.75) is 36.8 Å². The molecule has 110 valence electrons. The fourth-order valence-corrected chi connectivity index (χ4v) is 3.34. The Morgan fingerprint density at radius 2 is 2.24 bits per heavy atom. The number of carbonyl (C=O) groups excluding carboxylic acids is 1. The van der Waals surface area contributed by atoms with Gasteiger partial charge in [-0.2, -0.15) is 0 Å². The van der Waals surface area contributed by atoms with Crippen molar-refractivity contribution in [3.05, 3.63) is 30.3 Å². The number of aliphatic imine (C=N–C) groups is 1. The molecule has 0 radical (unpaired) electrons. The number of rotatable bonds is 7. The Labute approximate surface area is 129 Å². The Hall–Kier alpha value is -1.43. The van der Waals surface area contributed by atoms with Crippen LogP contribution in [-0.2, 0) is 14.2 Å². The third-order valence-electron chi connectivity index (χ3n) is 3.54. The van der Waals surface area contributed by atoms with Crippen LogP contribution in [0.3, 0.4) is 0 Å². The number of cyclic esters (lactones) is 1. The van der Waals surface area contributed by atoms with Gasteiger partial charge >= 0.3 is 129 Å². The molecule has 1 heterocycles. The molecule has 1 aromatic carbocycles. The standard InChI is InChI=1S/C15H18BNO3S/c1-2-11-8-14(20-15(11)18)13(17-10-16-19)9-21-12-6-4-3-5-7-12/h3-7,10-11,13-14H,2,8-9H2,1H3/b17-10+. The molecule has 1 aromatic rings. The van der Waals surface area contributed by atoms with E-state index in [-0.39, 0.29) is 24.0 Å². The van der Waals surface area contributed by atoms with Crippen molar-refractivity contribution in [1.82, 2.24) is 0 Å². The summed E-state index contributed by atoms with van der Waals surface area (Å²) in [6.45, 7) is 1.98. The number of benzene rings is 1. The molecular formula is C15H18BNO3S. The molecule has 1 aliphatic rings. The van der Waals surface area contributed by atoms with E-state index in [1.807, 2.05) is 37.3 Å². The molecule has 0 spiro atoms. The molecule has 0 bridgehead atoms. The van der Waals surface area contributed by atoms with Gasteiger partial charge in [0.1, 0.15) is 0 Å². The Balaban J connectivity index is 2.00. The molecule has 21 heavy (non-hydrogen) atoms. The average Bonchev–Trinajstić information content (AvgIpc) is 2.89. The molecule has 1 fully saturated rings. The predicted molar refractivity (Wildman–Crippen MR) is 84.2 cm³/mol. The Morgan fingerprint density at radius 3 is 2.86 bits per heavy atom. The normalized spacial score (nSPS) is 23.0. The topological polar surface area (TPSA) is 55.7 Å². The van der Waals surface area contributed by atoms with Crippen molar-refractivity contribution in [1.29, 1.82) is 0 Å². The summed E-state index contributed by atoms with van der Waals surface area (Å²) in [5.74, 6) is 0.507. The van der Waals surface area contributed by atoms with Crippen molar-refractivity contribution in [3.63, 3.8) is 0 Å². The maximum atomic E-state index is 11.7. The molecule has 0 N–H and O–H groups in total. The first-order valence-corrected chi connectivity index (χ1v) is 8.08. The van der Waals surface area contributed by atoms with Crippen molar-refractivity contribution in [3.8, 4) is 0 Å². The van der Waals surface area contributed by atoms with Crippen LogP contribution in [0.1, 0.15) is 19.8 Å². The molecule has 2 rings (SSSR count). The van der Waals surface area contributed by atoms with Gasteiger partial charge in [0.25, 0.3) is 0 Å². The van der Waals surface area contributed by atoms with E-state index in [1.165, 1.54) is 6.11 Å². The van der Waals surface area contributed by atoms with E-state index in [4.69, 9.17) is 4.74 Å². The molecule has 1 aliphatic heterocycles. The summed E-state index contributed by atoms with van der Waals surface area (Å²) < 4.78 is 15.9. The van der Waals surface area contributed by atoms with Crippen molar-refractivity contribution < 1.29 is 14.2 Å². The number of hydrogen-bond acceptors (Lipinski definition) is 5. The first-order valence-electron chi connectivity index (χ1n) is 7.09. The maximum absolute atomic E-state index is 11.7. The number of hydrogen-bond donors (Lipinski definition) is 0. The second kappa shape index (κ2) is 8.12. The SMILES string of the molecule is CCC1CC(C(CSc2ccccc2)/N=C/B=O)OC1=O. The van der Waals surface area contributed by atoms with E-state index in [0.717, 1.165) is 11.3 Å². The van der Waals surface area contributed by atoms with E-state index in [2.05, 4.69) is 4.99 Å². The molecule has 1 saturated heterocycles. The van der Waals surface area contributed by atoms with Gasteiger partial charge in [-0.1, -0.05) is 0 Å². The van der Waals surface area contributed by atoms with Crippen LogP contribution in [0.5, 0.6) is 0 Å². The second-order valence-corrected chi connectivity index (χ2v) is 6.04. The van der Waals surface area contributed by atoms with E-state index >= 15 is 0 Å². The van der Waals surface area contributed by atoms with E-state index < -0.39 is 0 Å². The Kier molecular flexibility index (Phi) is 6.17. The minimum absolute atomic E-state index is 0.0364. The molecule has 6 heteroatoms. The minimum atomic E-state index is -0.227. The number of carbonyl (C=O) groups is 1. The Bertz CT molecular complexity index is 509. The van der Waals surface area contributed by atoms with Crippen LogP contribution < -0.4 is 0 Å². The summed E-state index contributed by atoms with van der Waals surface area (Å²) in [6.07, 6.45) is 2.50. The molecule has 3 atom stereocenters. The van der Waals surface area contributed by atoms with Gasteiger partial charge in [0, 0.05) is 0 Å². The van der Waals surface area contributed by atoms with E-state index in [9.17, 15) is 9.50 Å². The zero-order chi connectivity index (χ0) is 15.1. The summed E-state index contributed by atoms with van der Waals surface area (Å²) in [7, 11) is 0.661. The average molecular weight is 303 g/mol. The second-order valence-electron chi connectivity index (χ2n) is 4.94. The van der Waals surface area contributed by atoms with Crippen LogP contribution in [0.15, 0.2) is 40.2 Å². The van der Waals surface area contributed by atoms with Gasteiger partial charge in [0.15, 0.2) is 0 Å². The summed E-state index contributed by atoms with van der Waals surface area (Å²) >= 11 is 1.65. The molecule has 0 saturated carbocycles. The number of esters is 1. The summed E-state index contributed by atoms with van der Waals surface area (Å²) in [5.41, 5.74) is 0. The molecular weight excluding hydrogens is 285 g/mol. The van der Waals surface area contributed by atoms with E-state index in [1.54, 1.807) is 11.8 Å². The third kappa shape index (κ3) is 4.53. The van der Waals surface area contributed by atoms with Gasteiger partial charge < -0.3 is 0 Å². The van der Waals surface area contributed by atoms with E-state index in [0.29, 0.717) is 19.3 Å². The number of ether oxygens (including phenoxy) is 1. The molecule has 4 nitrogen and oxygen atoms in total. The van der Waals surface area contributed by atoms with Crippen LogP contribution in [0.25, 0.3) is 0 Å². The molecule has 0 aliphatic carbocycles. The number of thioether (sulfide) groups is 1. The van der Waals surface area contributed by atoms with Gasteiger partial charge in [-0.25, -0.2) is 0 Å². The van der Waals surface area contributed by atoms with Gasteiger partial charge in [-0.05, 0) is 0 Å². The van der Waals surface area contributed by atoms with Crippen LogP contribution in [0, 0.1) is 5.92 Å². The monoisotopic (exact) mass is 303 g/mol. The Morgan fingerprint density at radius 1 is 1.48 bits per heavy atom. The van der Waals surface area contributed by atoms with Crippen molar-refractivity contribution in [2.24, 2.45) is 10.9 Å². The molecule has 0 aromatic heterocycles. The predicted octanol–water partition coefficient (Wildman–Crippen LogP) is 2.57. The van der Waals surface area contributed by atoms with Gasteiger partial charge in [-0.3, -0.25) is 0 Å². The summed E-state index contributed by atoms with van der Waals surface area (Å²) in [4.78, 5) is 17.1. The summed E-state index contributed by atoms with van der Waals surface area (Å²) in [6, 6.07) is 9.81. The van der Waals surface area contributed by atoms with Crippen LogP contribution in [0.2, 0.25) is 0 Å². The van der Waals surface area contributed by atoms with Crippen molar-refractivity contribution >= 4 is 31.0 Å². The van der Waals surface area contributed by atoms with Crippen molar-refractivity contribution in [2.75, 3.05) is 5.75 Å². The molecule has 3 unspecified atom stereocenters. The summed E-state index contributed by atoms with van der Waals surface area (Å²) in [5, 5.41) is 0. The fraction of sp³-hybridized carbons (Fsp3) is 0.467. The van der Waals surface area contributed by atoms with Crippen LogP contribution >= 0.6 is 11.8 Å². The van der Waals surface area contributed by atoms with Gasteiger partial charge in [0.2, 0.25) is 0 Å². The van der Waals surface area contributed by atoms with Crippen LogP contribution in [-0.4, -0.2) is 37.1 Å². The first-order chi connectivity index (χ1) is 10.2. The zero-order valence-corrected chi connectivity index (χ0v) is 12.8. The van der Waals surface area contributed by atoms with Crippen LogP contribution in [0.4, 0.5) is 0 Å². The fourth-order valence-electron chi connectivity index (χ4n) is 2.33. The number of nitrogens with zero attached hydrogens (tertiary/aromatic N) is 1. The quantitative estimate of drug-likeness (QED) is 0.336.